The van der Waals surface area contributed by atoms with Gasteiger partial charge in [-0.05, 0) is 48.2 Å². The first-order valence-corrected chi connectivity index (χ1v) is 10.4. The van der Waals surface area contributed by atoms with Gasteiger partial charge in [-0.25, -0.2) is 0 Å². The van der Waals surface area contributed by atoms with E-state index in [2.05, 4.69) is 0 Å². The third-order valence-corrected chi connectivity index (χ3v) is 6.02. The molecule has 2 aliphatic heterocycles. The molecule has 31 heavy (non-hydrogen) atoms. The summed E-state index contributed by atoms with van der Waals surface area (Å²) in [6, 6.07) is 10.1. The Morgan fingerprint density at radius 1 is 0.968 bits per heavy atom. The minimum Gasteiger partial charge on any atom is -0.490 e. The third kappa shape index (κ3) is 4.97. The van der Waals surface area contributed by atoms with Gasteiger partial charge in [-0.3, -0.25) is 0 Å². The second kappa shape index (κ2) is 8.68. The third-order valence-electron chi connectivity index (χ3n) is 6.02. The van der Waals surface area contributed by atoms with Gasteiger partial charge in [0.2, 0.25) is 0 Å². The summed E-state index contributed by atoms with van der Waals surface area (Å²) in [5.74, 6) is 1.30. The maximum absolute atomic E-state index is 12.8. The maximum atomic E-state index is 12.8. The Bertz CT molecular complexity index is 893. The first-order valence-electron chi connectivity index (χ1n) is 10.4. The molecule has 1 fully saturated rings. The molecule has 2 aromatic rings. The van der Waals surface area contributed by atoms with Crippen LogP contribution in [0.4, 0.5) is 13.2 Å². The molecule has 2 aromatic carbocycles. The Labute approximate surface area is 179 Å². The normalized spacial score (nSPS) is 20.2. The van der Waals surface area contributed by atoms with Gasteiger partial charge in [-0.2, -0.15) is 13.2 Å². The lowest BCUT2D eigenvalue weighted by atomic mass is 9.84. The highest BCUT2D eigenvalue weighted by atomic mass is 19.4. The molecule has 1 saturated heterocycles. The van der Waals surface area contributed by atoms with E-state index in [1.807, 2.05) is 11.0 Å². The molecular formula is C23H26F3NO4. The summed E-state index contributed by atoms with van der Waals surface area (Å²) in [6.45, 7) is 2.62. The van der Waals surface area contributed by atoms with E-state index in [0.29, 0.717) is 62.8 Å². The van der Waals surface area contributed by atoms with Gasteiger partial charge in [-0.15, -0.1) is 0 Å². The van der Waals surface area contributed by atoms with Crippen molar-refractivity contribution in [1.82, 2.24) is 4.90 Å². The molecule has 0 saturated carbocycles. The molecule has 4 rings (SSSR count). The summed E-state index contributed by atoms with van der Waals surface area (Å²) in [5, 5.41) is 21.7. The predicted molar refractivity (Wildman–Crippen MR) is 108 cm³/mol. The molecule has 0 amide bonds. The molecule has 2 heterocycles. The average molecular weight is 437 g/mol. The van der Waals surface area contributed by atoms with E-state index in [1.165, 1.54) is 12.1 Å². The fourth-order valence-electron chi connectivity index (χ4n) is 4.10. The number of nitrogens with zero attached hydrogens (tertiary/aromatic N) is 1. The number of hydrogen-bond donors (Lipinski definition) is 2. The van der Waals surface area contributed by atoms with Crippen LogP contribution < -0.4 is 9.47 Å². The summed E-state index contributed by atoms with van der Waals surface area (Å²) >= 11 is 0. The second-order valence-corrected chi connectivity index (χ2v) is 8.18. The van der Waals surface area contributed by atoms with E-state index in [9.17, 15) is 23.4 Å². The zero-order valence-corrected chi connectivity index (χ0v) is 17.1. The maximum Gasteiger partial charge on any atom is 0.416 e. The summed E-state index contributed by atoms with van der Waals surface area (Å²) in [7, 11) is 0. The summed E-state index contributed by atoms with van der Waals surface area (Å²) in [4.78, 5) is 2.05. The highest BCUT2D eigenvalue weighted by molar-refractivity contribution is 5.44. The zero-order chi connectivity index (χ0) is 22.1. The Hall–Kier alpha value is -2.29. The van der Waals surface area contributed by atoms with Crippen LogP contribution in [0.2, 0.25) is 0 Å². The van der Waals surface area contributed by atoms with Gasteiger partial charge >= 0.3 is 6.18 Å². The standard InChI is InChI=1S/C23H26F3NO4/c24-23(25,26)18-5-3-17(4-6-18)22(29)8-10-27(11-9-22)15-19(28)16-2-7-20-21(14-16)31-13-1-12-30-20/h2-7,14,19,28-29H,1,8-13,15H2/t19-/m1/s1. The smallest absolute Gasteiger partial charge is 0.416 e. The highest BCUT2D eigenvalue weighted by Crippen LogP contribution is 2.37. The van der Waals surface area contributed by atoms with Crippen LogP contribution in [-0.4, -0.2) is 48.0 Å². The van der Waals surface area contributed by atoms with Gasteiger partial charge in [0.05, 0.1) is 30.5 Å². The zero-order valence-electron chi connectivity index (χ0n) is 17.1. The van der Waals surface area contributed by atoms with Gasteiger partial charge in [0.25, 0.3) is 0 Å². The number of piperidine rings is 1. The van der Waals surface area contributed by atoms with Crippen molar-refractivity contribution in [2.24, 2.45) is 0 Å². The van der Waals surface area contributed by atoms with Crippen molar-refractivity contribution in [1.29, 1.82) is 0 Å². The van der Waals surface area contributed by atoms with E-state index < -0.39 is 23.4 Å². The highest BCUT2D eigenvalue weighted by Gasteiger charge is 2.36. The average Bonchev–Trinajstić information content (AvgIpc) is 3.00. The van der Waals surface area contributed by atoms with Crippen molar-refractivity contribution in [3.8, 4) is 11.5 Å². The number of fused-ring (bicyclic) bond motifs is 1. The van der Waals surface area contributed by atoms with Crippen LogP contribution in [0.25, 0.3) is 0 Å². The summed E-state index contributed by atoms with van der Waals surface area (Å²) in [5.41, 5.74) is -0.673. The molecule has 2 N–H and O–H groups in total. The lowest BCUT2D eigenvalue weighted by molar-refractivity contribution is -0.137. The number of likely N-dealkylation sites (tertiary alicyclic amines) is 1. The first-order chi connectivity index (χ1) is 14.7. The number of ether oxygens (including phenoxy) is 2. The summed E-state index contributed by atoms with van der Waals surface area (Å²) < 4.78 is 49.6. The van der Waals surface area contributed by atoms with Crippen LogP contribution >= 0.6 is 0 Å². The van der Waals surface area contributed by atoms with E-state index >= 15 is 0 Å². The SMILES string of the molecule is O[C@H](CN1CCC(O)(c2ccc(C(F)(F)F)cc2)CC1)c1ccc2c(c1)OCCCO2. The molecule has 168 valence electrons. The molecular weight excluding hydrogens is 411 g/mol. The fourth-order valence-corrected chi connectivity index (χ4v) is 4.10. The second-order valence-electron chi connectivity index (χ2n) is 8.18. The van der Waals surface area contributed by atoms with Gasteiger partial charge in [0.1, 0.15) is 0 Å². The monoisotopic (exact) mass is 437 g/mol. The molecule has 8 heteroatoms. The van der Waals surface area contributed by atoms with Crippen LogP contribution in [0.3, 0.4) is 0 Å². The number of aliphatic hydroxyl groups is 2. The van der Waals surface area contributed by atoms with E-state index in [-0.39, 0.29) is 0 Å². The van der Waals surface area contributed by atoms with Crippen molar-refractivity contribution in [2.45, 2.75) is 37.1 Å². The van der Waals surface area contributed by atoms with Crippen molar-refractivity contribution < 1.29 is 32.9 Å². The molecule has 1 atom stereocenters. The number of benzene rings is 2. The Morgan fingerprint density at radius 2 is 1.61 bits per heavy atom. The van der Waals surface area contributed by atoms with Crippen LogP contribution in [-0.2, 0) is 11.8 Å². The molecule has 0 unspecified atom stereocenters. The molecule has 5 nitrogen and oxygen atoms in total. The Balaban J connectivity index is 1.36. The molecule has 0 bridgehead atoms. The van der Waals surface area contributed by atoms with Gasteiger partial charge < -0.3 is 24.6 Å². The lowest BCUT2D eigenvalue weighted by Gasteiger charge is -2.39. The fraction of sp³-hybridized carbons (Fsp3) is 0.478. The quantitative estimate of drug-likeness (QED) is 0.760. The Kier molecular flexibility index (Phi) is 6.14. The van der Waals surface area contributed by atoms with Crippen LogP contribution in [0, 0.1) is 0 Å². The van der Waals surface area contributed by atoms with Crippen molar-refractivity contribution >= 4 is 0 Å². The van der Waals surface area contributed by atoms with E-state index in [0.717, 1.165) is 24.1 Å². The van der Waals surface area contributed by atoms with Crippen LogP contribution in [0.5, 0.6) is 11.5 Å². The van der Waals surface area contributed by atoms with Crippen LogP contribution in [0.1, 0.15) is 42.1 Å². The van der Waals surface area contributed by atoms with E-state index in [4.69, 9.17) is 9.47 Å². The molecule has 0 spiro atoms. The van der Waals surface area contributed by atoms with Gasteiger partial charge in [0, 0.05) is 26.1 Å². The number of β-amino-alcohol motifs (C(OH)–C–C–N with tert-alkyl or cyclic N) is 1. The molecule has 0 aliphatic carbocycles. The first kappa shape index (κ1) is 21.9. The number of halogens is 3. The predicted octanol–water partition coefficient (Wildman–Crippen LogP) is 3.88. The van der Waals surface area contributed by atoms with Crippen molar-refractivity contribution in [3.63, 3.8) is 0 Å². The largest absolute Gasteiger partial charge is 0.490 e. The summed E-state index contributed by atoms with van der Waals surface area (Å²) in [6.07, 6.45) is -3.55. The number of hydrogen-bond acceptors (Lipinski definition) is 5. The minimum absolute atomic E-state index is 0.381. The number of aliphatic hydroxyl groups excluding tert-OH is 1. The van der Waals surface area contributed by atoms with Crippen LogP contribution in [0.15, 0.2) is 42.5 Å². The van der Waals surface area contributed by atoms with Gasteiger partial charge in [0.15, 0.2) is 11.5 Å². The number of rotatable bonds is 4. The molecule has 0 radical (unpaired) electrons. The number of alkyl halides is 3. The lowest BCUT2D eigenvalue weighted by Crippen LogP contribution is -2.44. The Morgan fingerprint density at radius 3 is 2.26 bits per heavy atom. The van der Waals surface area contributed by atoms with E-state index in [1.54, 1.807) is 12.1 Å². The topological polar surface area (TPSA) is 62.2 Å². The molecule has 0 aromatic heterocycles. The van der Waals surface area contributed by atoms with Crippen molar-refractivity contribution in [3.05, 3.63) is 59.2 Å². The molecule has 2 aliphatic rings. The minimum atomic E-state index is -4.40. The van der Waals surface area contributed by atoms with Gasteiger partial charge in [-0.1, -0.05) is 18.2 Å². The van der Waals surface area contributed by atoms with Crippen molar-refractivity contribution in [2.75, 3.05) is 32.8 Å².